The molecule has 0 spiro atoms. The summed E-state index contributed by atoms with van der Waals surface area (Å²) in [5.74, 6) is 0.456. The monoisotopic (exact) mass is 251 g/mol. The molecule has 0 aliphatic carbocycles. The van der Waals surface area contributed by atoms with E-state index in [1.165, 1.54) is 7.11 Å². The summed E-state index contributed by atoms with van der Waals surface area (Å²) in [5.41, 5.74) is 0.530. The molecule has 18 heavy (non-hydrogen) atoms. The molecular weight excluding hydrogens is 230 g/mol. The molecule has 0 atom stereocenters. The fraction of sp³-hybridized carbons (Fsp3) is 0.538. The Kier molecular flexibility index (Phi) is 5.58. The topological polar surface area (TPSA) is 45.7 Å². The quantitative estimate of drug-likeness (QED) is 0.712. The number of carbonyl (C=O) groups excluding carboxylic acids is 1. The van der Waals surface area contributed by atoms with Crippen molar-refractivity contribution in [1.82, 2.24) is 9.88 Å². The van der Waals surface area contributed by atoms with Gasteiger partial charge in [-0.25, -0.2) is 9.78 Å². The van der Waals surface area contributed by atoms with E-state index in [0.29, 0.717) is 5.56 Å². The van der Waals surface area contributed by atoms with Gasteiger partial charge in [0, 0.05) is 19.8 Å². The fourth-order valence-corrected chi connectivity index (χ4v) is 1.61. The van der Waals surface area contributed by atoms with Gasteiger partial charge in [0.25, 0.3) is 0 Å². The lowest BCUT2D eigenvalue weighted by atomic mass is 10.2. The van der Waals surface area contributed by atoms with Gasteiger partial charge < -0.3 is 14.5 Å². The summed E-state index contributed by atoms with van der Waals surface area (Å²) in [6.07, 6.45) is 2.68. The van der Waals surface area contributed by atoms with Gasteiger partial charge in [-0.3, -0.25) is 0 Å². The molecule has 0 saturated heterocycles. The average Bonchev–Trinajstić information content (AvgIpc) is 2.37. The first-order chi connectivity index (χ1) is 8.54. The molecule has 1 heterocycles. The number of hydrogen-bond donors (Lipinski definition) is 0. The highest BCUT2D eigenvalue weighted by atomic mass is 16.5. The molecule has 0 radical (unpaired) electrons. The van der Waals surface area contributed by atoms with Crippen LogP contribution in [-0.4, -0.2) is 57.2 Å². The molecular formula is C13H21N3O2. The summed E-state index contributed by atoms with van der Waals surface area (Å²) in [5, 5.41) is 0. The van der Waals surface area contributed by atoms with Gasteiger partial charge in [0.15, 0.2) is 0 Å². The molecule has 0 bridgehead atoms. The van der Waals surface area contributed by atoms with Crippen molar-refractivity contribution in [2.75, 3.05) is 46.2 Å². The summed E-state index contributed by atoms with van der Waals surface area (Å²) in [7, 11) is 7.45. The van der Waals surface area contributed by atoms with E-state index in [-0.39, 0.29) is 5.97 Å². The van der Waals surface area contributed by atoms with Crippen molar-refractivity contribution in [3.8, 4) is 0 Å². The SMILES string of the molecule is COC(=O)c1ccnc(N(C)CCCN(C)C)c1. The second-order valence-corrected chi connectivity index (χ2v) is 4.47. The maximum atomic E-state index is 11.4. The van der Waals surface area contributed by atoms with Crippen LogP contribution in [0.5, 0.6) is 0 Å². The number of esters is 1. The number of nitrogens with zero attached hydrogens (tertiary/aromatic N) is 3. The van der Waals surface area contributed by atoms with Crippen molar-refractivity contribution in [1.29, 1.82) is 0 Å². The van der Waals surface area contributed by atoms with Crippen LogP contribution >= 0.6 is 0 Å². The van der Waals surface area contributed by atoms with Gasteiger partial charge in [-0.05, 0) is 39.2 Å². The van der Waals surface area contributed by atoms with E-state index in [4.69, 9.17) is 4.74 Å². The fourth-order valence-electron chi connectivity index (χ4n) is 1.61. The number of pyridine rings is 1. The zero-order valence-corrected chi connectivity index (χ0v) is 11.5. The lowest BCUT2D eigenvalue weighted by molar-refractivity contribution is 0.0600. The van der Waals surface area contributed by atoms with Gasteiger partial charge in [0.2, 0.25) is 0 Å². The zero-order chi connectivity index (χ0) is 13.5. The second-order valence-electron chi connectivity index (χ2n) is 4.47. The molecule has 0 aliphatic rings. The molecule has 1 rings (SSSR count). The van der Waals surface area contributed by atoms with E-state index in [1.807, 2.05) is 11.9 Å². The Balaban J connectivity index is 2.62. The third-order valence-electron chi connectivity index (χ3n) is 2.66. The maximum Gasteiger partial charge on any atom is 0.338 e. The number of methoxy groups -OCH3 is 1. The Bertz CT molecular complexity index is 394. The van der Waals surface area contributed by atoms with Crippen LogP contribution in [0.3, 0.4) is 0 Å². The first-order valence-corrected chi connectivity index (χ1v) is 5.95. The highest BCUT2D eigenvalue weighted by Gasteiger charge is 2.09. The van der Waals surface area contributed by atoms with Crippen molar-refractivity contribution in [2.24, 2.45) is 0 Å². The standard InChI is InChI=1S/C13H21N3O2/c1-15(2)8-5-9-16(3)12-10-11(6-7-14-12)13(17)18-4/h6-7,10H,5,8-9H2,1-4H3. The zero-order valence-electron chi connectivity index (χ0n) is 11.5. The minimum absolute atomic E-state index is 0.333. The van der Waals surface area contributed by atoms with Crippen molar-refractivity contribution < 1.29 is 9.53 Å². The molecule has 5 nitrogen and oxygen atoms in total. The second kappa shape index (κ2) is 6.96. The molecule has 0 fully saturated rings. The third-order valence-corrected chi connectivity index (χ3v) is 2.66. The first-order valence-electron chi connectivity index (χ1n) is 5.95. The van der Waals surface area contributed by atoms with Crippen LogP contribution in [-0.2, 0) is 4.74 Å². The van der Waals surface area contributed by atoms with Gasteiger partial charge in [0.1, 0.15) is 5.82 Å². The smallest absolute Gasteiger partial charge is 0.338 e. The van der Waals surface area contributed by atoms with Crippen molar-refractivity contribution in [3.05, 3.63) is 23.9 Å². The normalized spacial score (nSPS) is 10.5. The van der Waals surface area contributed by atoms with Crippen molar-refractivity contribution in [2.45, 2.75) is 6.42 Å². The number of aromatic nitrogens is 1. The Morgan fingerprint density at radius 3 is 2.67 bits per heavy atom. The summed E-state index contributed by atoms with van der Waals surface area (Å²) in [6, 6.07) is 3.41. The first kappa shape index (κ1) is 14.4. The van der Waals surface area contributed by atoms with Crippen LogP contribution in [0.2, 0.25) is 0 Å². The van der Waals surface area contributed by atoms with Gasteiger partial charge >= 0.3 is 5.97 Å². The van der Waals surface area contributed by atoms with Crippen LogP contribution in [0.1, 0.15) is 16.8 Å². The van der Waals surface area contributed by atoms with Gasteiger partial charge in [-0.2, -0.15) is 0 Å². The summed E-state index contributed by atoms with van der Waals surface area (Å²) >= 11 is 0. The van der Waals surface area contributed by atoms with E-state index in [9.17, 15) is 4.79 Å². The Morgan fingerprint density at radius 2 is 2.06 bits per heavy atom. The predicted molar refractivity (Wildman–Crippen MR) is 72.0 cm³/mol. The summed E-state index contributed by atoms with van der Waals surface area (Å²) in [4.78, 5) is 19.9. The molecule has 0 aliphatic heterocycles. The highest BCUT2D eigenvalue weighted by Crippen LogP contribution is 2.12. The van der Waals surface area contributed by atoms with Gasteiger partial charge in [-0.1, -0.05) is 0 Å². The maximum absolute atomic E-state index is 11.4. The number of anilines is 1. The molecule has 0 aromatic carbocycles. The molecule has 1 aromatic rings. The van der Waals surface area contributed by atoms with Gasteiger partial charge in [-0.15, -0.1) is 0 Å². The van der Waals surface area contributed by atoms with E-state index >= 15 is 0 Å². The van der Waals surface area contributed by atoms with Crippen LogP contribution < -0.4 is 4.90 Å². The van der Waals surface area contributed by atoms with E-state index in [1.54, 1.807) is 18.3 Å². The highest BCUT2D eigenvalue weighted by molar-refractivity contribution is 5.90. The lowest BCUT2D eigenvalue weighted by Gasteiger charge is -2.19. The molecule has 100 valence electrons. The molecule has 5 heteroatoms. The largest absolute Gasteiger partial charge is 0.465 e. The number of rotatable bonds is 6. The van der Waals surface area contributed by atoms with E-state index < -0.39 is 0 Å². The molecule has 0 unspecified atom stereocenters. The van der Waals surface area contributed by atoms with Crippen LogP contribution in [0.25, 0.3) is 0 Å². The van der Waals surface area contributed by atoms with Crippen molar-refractivity contribution in [3.63, 3.8) is 0 Å². The van der Waals surface area contributed by atoms with Crippen LogP contribution in [0.4, 0.5) is 5.82 Å². The number of hydrogen-bond acceptors (Lipinski definition) is 5. The van der Waals surface area contributed by atoms with Gasteiger partial charge in [0.05, 0.1) is 12.7 Å². The third kappa shape index (κ3) is 4.33. The number of carbonyl (C=O) groups is 1. The Hall–Kier alpha value is -1.62. The Morgan fingerprint density at radius 1 is 1.33 bits per heavy atom. The summed E-state index contributed by atoms with van der Waals surface area (Å²) in [6.45, 7) is 1.93. The average molecular weight is 251 g/mol. The predicted octanol–water partition coefficient (Wildman–Crippen LogP) is 1.26. The minimum atomic E-state index is -0.333. The molecule has 0 N–H and O–H groups in total. The molecule has 0 saturated carbocycles. The van der Waals surface area contributed by atoms with Crippen LogP contribution in [0, 0.1) is 0 Å². The van der Waals surface area contributed by atoms with E-state index in [0.717, 1.165) is 25.3 Å². The number of ether oxygens (including phenoxy) is 1. The summed E-state index contributed by atoms with van der Waals surface area (Å²) < 4.78 is 4.69. The van der Waals surface area contributed by atoms with Crippen LogP contribution in [0.15, 0.2) is 18.3 Å². The molecule has 1 aromatic heterocycles. The lowest BCUT2D eigenvalue weighted by Crippen LogP contribution is -2.24. The van der Waals surface area contributed by atoms with Crippen molar-refractivity contribution >= 4 is 11.8 Å². The Labute approximate surface area is 108 Å². The molecule has 0 amide bonds. The minimum Gasteiger partial charge on any atom is -0.465 e. The van der Waals surface area contributed by atoms with E-state index in [2.05, 4.69) is 24.0 Å².